The molecule has 4 nitrogen and oxygen atoms in total. The molecule has 0 radical (unpaired) electrons. The fourth-order valence-electron chi connectivity index (χ4n) is 2.29. The van der Waals surface area contributed by atoms with Crippen LogP contribution in [0.15, 0.2) is 53.9 Å². The van der Waals surface area contributed by atoms with Crippen LogP contribution >= 0.6 is 11.3 Å². The van der Waals surface area contributed by atoms with Crippen molar-refractivity contribution >= 4 is 22.4 Å². The fraction of sp³-hybridized carbons (Fsp3) is 0.200. The summed E-state index contributed by atoms with van der Waals surface area (Å²) in [7, 11) is 0. The highest BCUT2D eigenvalue weighted by molar-refractivity contribution is 7.14. The van der Waals surface area contributed by atoms with Gasteiger partial charge in [-0.3, -0.25) is 10.1 Å². The van der Waals surface area contributed by atoms with Gasteiger partial charge >= 0.3 is 0 Å². The SMILES string of the molecule is CCCCOc1ccc(C(=O)Nc2nc(-c3ccc(F)cc3)cs2)cc1. The first-order valence-electron chi connectivity index (χ1n) is 8.41. The van der Waals surface area contributed by atoms with E-state index in [0.717, 1.165) is 24.2 Å². The van der Waals surface area contributed by atoms with Crippen molar-refractivity contribution in [1.82, 2.24) is 4.98 Å². The van der Waals surface area contributed by atoms with Crippen LogP contribution in [0.1, 0.15) is 30.1 Å². The lowest BCUT2D eigenvalue weighted by molar-refractivity contribution is 0.102. The van der Waals surface area contributed by atoms with Gasteiger partial charge in [0.1, 0.15) is 11.6 Å². The van der Waals surface area contributed by atoms with Gasteiger partial charge in [0.2, 0.25) is 0 Å². The topological polar surface area (TPSA) is 51.2 Å². The van der Waals surface area contributed by atoms with E-state index in [9.17, 15) is 9.18 Å². The third-order valence-electron chi connectivity index (χ3n) is 3.75. The Morgan fingerprint density at radius 3 is 2.58 bits per heavy atom. The number of unbranched alkanes of at least 4 members (excludes halogenated alkanes) is 1. The molecule has 0 aliphatic carbocycles. The van der Waals surface area contributed by atoms with E-state index in [1.165, 1.54) is 23.5 Å². The normalized spacial score (nSPS) is 10.5. The average Bonchev–Trinajstić information content (AvgIpc) is 3.11. The van der Waals surface area contributed by atoms with E-state index in [2.05, 4.69) is 17.2 Å². The Hall–Kier alpha value is -2.73. The molecule has 0 unspecified atom stereocenters. The molecule has 3 rings (SSSR count). The Labute approximate surface area is 155 Å². The minimum Gasteiger partial charge on any atom is -0.494 e. The number of halogens is 1. The molecule has 0 saturated carbocycles. The van der Waals surface area contributed by atoms with Crippen molar-refractivity contribution in [3.8, 4) is 17.0 Å². The lowest BCUT2D eigenvalue weighted by atomic mass is 10.2. The van der Waals surface area contributed by atoms with E-state index < -0.39 is 0 Å². The predicted molar refractivity (Wildman–Crippen MR) is 102 cm³/mol. The molecule has 0 atom stereocenters. The van der Waals surface area contributed by atoms with Gasteiger partial charge in [-0.2, -0.15) is 0 Å². The van der Waals surface area contributed by atoms with Gasteiger partial charge < -0.3 is 4.74 Å². The summed E-state index contributed by atoms with van der Waals surface area (Å²) in [5.74, 6) is 0.229. The van der Waals surface area contributed by atoms with Crippen molar-refractivity contribution in [1.29, 1.82) is 0 Å². The molecule has 0 bridgehead atoms. The zero-order valence-corrected chi connectivity index (χ0v) is 15.2. The minimum absolute atomic E-state index is 0.231. The Kier molecular flexibility index (Phi) is 5.96. The van der Waals surface area contributed by atoms with Crippen molar-refractivity contribution in [2.75, 3.05) is 11.9 Å². The fourth-order valence-corrected chi connectivity index (χ4v) is 3.01. The largest absolute Gasteiger partial charge is 0.494 e. The second kappa shape index (κ2) is 8.58. The van der Waals surface area contributed by atoms with E-state index in [4.69, 9.17) is 4.74 Å². The smallest absolute Gasteiger partial charge is 0.257 e. The highest BCUT2D eigenvalue weighted by Crippen LogP contribution is 2.25. The number of nitrogens with one attached hydrogen (secondary N) is 1. The summed E-state index contributed by atoms with van der Waals surface area (Å²) < 4.78 is 18.6. The summed E-state index contributed by atoms with van der Waals surface area (Å²) in [6.45, 7) is 2.78. The summed E-state index contributed by atoms with van der Waals surface area (Å²) in [5.41, 5.74) is 2.04. The van der Waals surface area contributed by atoms with E-state index in [-0.39, 0.29) is 11.7 Å². The Bertz CT molecular complexity index is 860. The molecule has 0 saturated heterocycles. The Morgan fingerprint density at radius 2 is 1.88 bits per heavy atom. The molecule has 3 aromatic rings. The van der Waals surface area contributed by atoms with Crippen molar-refractivity contribution in [2.45, 2.75) is 19.8 Å². The van der Waals surface area contributed by atoms with Crippen LogP contribution in [-0.4, -0.2) is 17.5 Å². The minimum atomic E-state index is -0.292. The molecule has 1 amide bonds. The highest BCUT2D eigenvalue weighted by atomic mass is 32.1. The quantitative estimate of drug-likeness (QED) is 0.568. The lowest BCUT2D eigenvalue weighted by Gasteiger charge is -2.06. The second-order valence-corrected chi connectivity index (χ2v) is 6.58. The third-order valence-corrected chi connectivity index (χ3v) is 4.51. The van der Waals surface area contributed by atoms with Crippen LogP contribution in [0.5, 0.6) is 5.75 Å². The first-order chi connectivity index (χ1) is 12.7. The summed E-state index contributed by atoms with van der Waals surface area (Å²) in [6.07, 6.45) is 2.08. The highest BCUT2D eigenvalue weighted by Gasteiger charge is 2.10. The maximum Gasteiger partial charge on any atom is 0.257 e. The standard InChI is InChI=1S/C20H19FN2O2S/c1-2-3-12-25-17-10-6-15(7-11-17)19(24)23-20-22-18(13-26-20)14-4-8-16(21)9-5-14/h4-11,13H,2-3,12H2,1H3,(H,22,23,24). The van der Waals surface area contributed by atoms with E-state index >= 15 is 0 Å². The molecule has 0 fully saturated rings. The number of thiazole rings is 1. The van der Waals surface area contributed by atoms with Gasteiger partial charge in [-0.05, 0) is 55.0 Å². The molecule has 0 spiro atoms. The summed E-state index contributed by atoms with van der Waals surface area (Å²) >= 11 is 1.33. The number of nitrogens with zero attached hydrogens (tertiary/aromatic N) is 1. The molecule has 134 valence electrons. The number of hydrogen-bond donors (Lipinski definition) is 1. The van der Waals surface area contributed by atoms with Crippen molar-refractivity contribution in [2.24, 2.45) is 0 Å². The molecule has 1 N–H and O–H groups in total. The van der Waals surface area contributed by atoms with Crippen molar-refractivity contribution < 1.29 is 13.9 Å². The van der Waals surface area contributed by atoms with Crippen molar-refractivity contribution in [3.05, 3.63) is 65.3 Å². The molecular formula is C20H19FN2O2S. The van der Waals surface area contributed by atoms with Crippen LogP contribution in [0.3, 0.4) is 0 Å². The number of aromatic nitrogens is 1. The number of rotatable bonds is 7. The van der Waals surface area contributed by atoms with Crippen LogP contribution in [0.25, 0.3) is 11.3 Å². The van der Waals surface area contributed by atoms with Gasteiger partial charge in [0, 0.05) is 16.5 Å². The van der Waals surface area contributed by atoms with Gasteiger partial charge in [-0.25, -0.2) is 9.37 Å². The molecule has 0 aliphatic heterocycles. The van der Waals surface area contributed by atoms with Gasteiger partial charge in [-0.1, -0.05) is 13.3 Å². The van der Waals surface area contributed by atoms with E-state index in [1.807, 2.05) is 5.38 Å². The monoisotopic (exact) mass is 370 g/mol. The number of benzene rings is 2. The zero-order chi connectivity index (χ0) is 18.4. The Balaban J connectivity index is 1.62. The second-order valence-electron chi connectivity index (χ2n) is 5.73. The van der Waals surface area contributed by atoms with Crippen molar-refractivity contribution in [3.63, 3.8) is 0 Å². The molecule has 1 aromatic heterocycles. The molecule has 1 heterocycles. The van der Waals surface area contributed by atoms with E-state index in [0.29, 0.717) is 23.0 Å². The first kappa shape index (κ1) is 18.1. The van der Waals surface area contributed by atoms with Crippen LogP contribution in [0.4, 0.5) is 9.52 Å². The summed E-state index contributed by atoms with van der Waals surface area (Å²) in [5, 5.41) is 5.11. The molecule has 2 aromatic carbocycles. The maximum atomic E-state index is 13.0. The molecule has 26 heavy (non-hydrogen) atoms. The number of carbonyl (C=O) groups excluding carboxylic acids is 1. The predicted octanol–water partition coefficient (Wildman–Crippen LogP) is 5.38. The van der Waals surface area contributed by atoms with E-state index in [1.54, 1.807) is 36.4 Å². The molecule has 0 aliphatic rings. The summed E-state index contributed by atoms with van der Waals surface area (Å²) in [6, 6.07) is 13.1. The number of amides is 1. The van der Waals surface area contributed by atoms with Crippen LogP contribution in [0, 0.1) is 5.82 Å². The van der Waals surface area contributed by atoms with Gasteiger partial charge in [-0.15, -0.1) is 11.3 Å². The third kappa shape index (κ3) is 4.67. The van der Waals surface area contributed by atoms with Gasteiger partial charge in [0.25, 0.3) is 5.91 Å². The molecule has 6 heteroatoms. The number of anilines is 1. The van der Waals surface area contributed by atoms with Crippen LogP contribution < -0.4 is 10.1 Å². The zero-order valence-electron chi connectivity index (χ0n) is 14.4. The lowest BCUT2D eigenvalue weighted by Crippen LogP contribution is -2.11. The van der Waals surface area contributed by atoms with Gasteiger partial charge in [0.15, 0.2) is 5.13 Å². The first-order valence-corrected chi connectivity index (χ1v) is 9.29. The van der Waals surface area contributed by atoms with Crippen LogP contribution in [0.2, 0.25) is 0 Å². The number of ether oxygens (including phenoxy) is 1. The number of carbonyl (C=O) groups is 1. The average molecular weight is 370 g/mol. The summed E-state index contributed by atoms with van der Waals surface area (Å²) in [4.78, 5) is 16.7. The number of hydrogen-bond acceptors (Lipinski definition) is 4. The van der Waals surface area contributed by atoms with Gasteiger partial charge in [0.05, 0.1) is 12.3 Å². The Morgan fingerprint density at radius 1 is 1.15 bits per heavy atom. The molecular weight excluding hydrogens is 351 g/mol. The maximum absolute atomic E-state index is 13.0. The van der Waals surface area contributed by atoms with Crippen LogP contribution in [-0.2, 0) is 0 Å².